The van der Waals surface area contributed by atoms with Gasteiger partial charge in [0.25, 0.3) is 0 Å². The minimum Gasteiger partial charge on any atom is -0.360 e. The minimum absolute atomic E-state index is 0.693. The zero-order valence-electron chi connectivity index (χ0n) is 6.81. The van der Waals surface area contributed by atoms with E-state index in [0.29, 0.717) is 5.92 Å². The maximum absolute atomic E-state index is 3.28. The molecule has 0 saturated heterocycles. The lowest BCUT2D eigenvalue weighted by molar-refractivity contribution is 0.814. The van der Waals surface area contributed by atoms with Crippen LogP contribution in [-0.4, -0.2) is 4.99 Å². The Morgan fingerprint density at radius 2 is 2.30 bits per heavy atom. The topological polar surface area (TPSA) is 12.0 Å². The van der Waals surface area contributed by atoms with Crippen LogP contribution in [0.5, 0.6) is 0 Å². The van der Waals surface area contributed by atoms with Crippen LogP contribution in [0.4, 0.5) is 0 Å². The molecular formula is C8H15NS. The van der Waals surface area contributed by atoms with Crippen molar-refractivity contribution < 1.29 is 0 Å². The van der Waals surface area contributed by atoms with Gasteiger partial charge in [-0.2, -0.15) is 11.4 Å². The lowest BCUT2D eigenvalue weighted by Crippen LogP contribution is -2.09. The molecule has 0 aromatic rings. The van der Waals surface area contributed by atoms with Gasteiger partial charge in [0, 0.05) is 11.2 Å². The Labute approximate surface area is 66.5 Å². The van der Waals surface area contributed by atoms with Gasteiger partial charge < -0.3 is 5.32 Å². The fourth-order valence-electron chi connectivity index (χ4n) is 0.855. The van der Waals surface area contributed by atoms with Crippen molar-refractivity contribution in [2.24, 2.45) is 5.92 Å². The second kappa shape index (κ2) is 3.24. The molecule has 0 unspecified atom stereocenters. The van der Waals surface area contributed by atoms with Gasteiger partial charge in [-0.1, -0.05) is 20.8 Å². The van der Waals surface area contributed by atoms with Gasteiger partial charge in [-0.3, -0.25) is 0 Å². The van der Waals surface area contributed by atoms with Crippen LogP contribution in [0.1, 0.15) is 27.2 Å². The van der Waals surface area contributed by atoms with E-state index in [1.165, 1.54) is 21.2 Å². The highest BCUT2D eigenvalue weighted by molar-refractivity contribution is 8.02. The molecular weight excluding hydrogens is 142 g/mol. The van der Waals surface area contributed by atoms with E-state index < -0.39 is 0 Å². The molecule has 0 aromatic carbocycles. The van der Waals surface area contributed by atoms with Gasteiger partial charge in [-0.05, 0) is 17.2 Å². The van der Waals surface area contributed by atoms with Crippen LogP contribution in [0.25, 0.3) is 0 Å². The zero-order chi connectivity index (χ0) is 7.56. The lowest BCUT2D eigenvalue weighted by Gasteiger charge is -1.99. The van der Waals surface area contributed by atoms with Crippen molar-refractivity contribution in [3.8, 4) is 0 Å². The molecule has 10 heavy (non-hydrogen) atoms. The first kappa shape index (κ1) is 7.86. The highest BCUT2D eigenvalue weighted by Crippen LogP contribution is 2.21. The average Bonchev–Trinajstić information content (AvgIpc) is 2.34. The first-order chi connectivity index (χ1) is 4.74. The van der Waals surface area contributed by atoms with Crippen molar-refractivity contribution in [3.05, 3.63) is 11.1 Å². The predicted octanol–water partition coefficient (Wildman–Crippen LogP) is 2.09. The van der Waals surface area contributed by atoms with Gasteiger partial charge in [-0.25, -0.2) is 0 Å². The average molecular weight is 157 g/mol. The Morgan fingerprint density at radius 3 is 2.60 bits per heavy atom. The Bertz CT molecular complexity index is 180. The summed E-state index contributed by atoms with van der Waals surface area (Å²) in [6, 6.07) is 0. The summed E-state index contributed by atoms with van der Waals surface area (Å²) < 4.78 is 0. The molecule has 1 aliphatic rings. The molecule has 1 rings (SSSR count). The molecule has 0 aliphatic carbocycles. The molecule has 1 N–H and O–H groups in total. The molecule has 0 saturated carbocycles. The molecule has 0 atom stereocenters. The van der Waals surface area contributed by atoms with Crippen LogP contribution in [0.3, 0.4) is 0 Å². The van der Waals surface area contributed by atoms with Crippen LogP contribution in [0.2, 0.25) is 0 Å². The minimum atomic E-state index is 0.693. The van der Waals surface area contributed by atoms with Gasteiger partial charge in [0.2, 0.25) is 0 Å². The van der Waals surface area contributed by atoms with Crippen molar-refractivity contribution in [2.45, 2.75) is 27.2 Å². The summed E-state index contributed by atoms with van der Waals surface area (Å²) in [6.07, 6.45) is 3.29. The van der Waals surface area contributed by atoms with E-state index in [-0.39, 0.29) is 0 Å². The summed E-state index contributed by atoms with van der Waals surface area (Å²) >= 11 is 1.41. The third-order valence-electron chi connectivity index (χ3n) is 1.58. The maximum Gasteiger partial charge on any atom is 0.0402 e. The van der Waals surface area contributed by atoms with Crippen LogP contribution in [0, 0.1) is 5.92 Å². The Balaban J connectivity index is 2.59. The summed E-state index contributed by atoms with van der Waals surface area (Å²) in [5.74, 6) is 0.693. The summed E-state index contributed by atoms with van der Waals surface area (Å²) in [7, 11) is 0. The monoisotopic (exact) mass is 157 g/mol. The van der Waals surface area contributed by atoms with E-state index in [9.17, 15) is 0 Å². The van der Waals surface area contributed by atoms with Crippen molar-refractivity contribution in [3.63, 3.8) is 0 Å². The first-order valence-electron chi connectivity index (χ1n) is 3.78. The van der Waals surface area contributed by atoms with E-state index in [0.717, 1.165) is 6.42 Å². The number of allylic oxidation sites excluding steroid dienone is 1. The van der Waals surface area contributed by atoms with Crippen molar-refractivity contribution >= 4 is 16.3 Å². The van der Waals surface area contributed by atoms with E-state index in [2.05, 4.69) is 32.3 Å². The molecule has 0 spiro atoms. The number of nitrogens with one attached hydrogen (secondary N) is 1. The van der Waals surface area contributed by atoms with Crippen molar-refractivity contribution in [1.82, 2.24) is 5.32 Å². The van der Waals surface area contributed by atoms with Crippen LogP contribution in [0.15, 0.2) is 11.1 Å². The Morgan fingerprint density at radius 1 is 1.60 bits per heavy atom. The maximum atomic E-state index is 3.28. The van der Waals surface area contributed by atoms with Gasteiger partial charge >= 0.3 is 0 Å². The fraction of sp³-hybridized carbons (Fsp3) is 0.625. The normalized spacial score (nSPS) is 17.6. The Kier molecular flexibility index (Phi) is 2.55. The van der Waals surface area contributed by atoms with Gasteiger partial charge in [-0.15, -0.1) is 0 Å². The van der Waals surface area contributed by atoms with E-state index >= 15 is 0 Å². The van der Waals surface area contributed by atoms with Gasteiger partial charge in [0.05, 0.1) is 0 Å². The van der Waals surface area contributed by atoms with Gasteiger partial charge in [0.1, 0.15) is 0 Å². The second-order valence-electron chi connectivity index (χ2n) is 2.78. The molecule has 1 aliphatic heterocycles. The summed E-state index contributed by atoms with van der Waals surface area (Å²) in [4.78, 5) is 2.94. The molecule has 1 nitrogen and oxygen atoms in total. The summed E-state index contributed by atoms with van der Waals surface area (Å²) in [6.45, 7) is 6.66. The summed E-state index contributed by atoms with van der Waals surface area (Å²) in [5, 5.41) is 3.28. The predicted molar refractivity (Wildman–Crippen MR) is 50.3 cm³/mol. The zero-order valence-corrected chi connectivity index (χ0v) is 7.70. The largest absolute Gasteiger partial charge is 0.360 e. The summed E-state index contributed by atoms with van der Waals surface area (Å²) in [5.41, 5.74) is 0. The molecule has 58 valence electrons. The quantitative estimate of drug-likeness (QED) is 0.462. The standard InChI is InChI=1S/C8H15NS/c1-4-8-9-5-7(10-8)6(2)3/h5-6,9-10H,4H2,1-3H3. The molecule has 0 aromatic heterocycles. The van der Waals surface area contributed by atoms with Gasteiger partial charge in [0.15, 0.2) is 0 Å². The molecule has 0 bridgehead atoms. The van der Waals surface area contributed by atoms with E-state index in [1.807, 2.05) is 0 Å². The van der Waals surface area contributed by atoms with E-state index in [4.69, 9.17) is 0 Å². The lowest BCUT2D eigenvalue weighted by atomic mass is 10.2. The number of hydrogen-bond donors (Lipinski definition) is 2. The fourth-order valence-corrected chi connectivity index (χ4v) is 1.84. The Hall–Kier alpha value is -0.240. The smallest absolute Gasteiger partial charge is 0.0402 e. The highest BCUT2D eigenvalue weighted by atomic mass is 32.1. The van der Waals surface area contributed by atoms with Crippen LogP contribution < -0.4 is 5.32 Å². The van der Waals surface area contributed by atoms with Crippen molar-refractivity contribution in [2.75, 3.05) is 0 Å². The van der Waals surface area contributed by atoms with Crippen LogP contribution >= 0.6 is 11.4 Å². The molecule has 0 radical (unpaired) electrons. The molecule has 1 heterocycles. The van der Waals surface area contributed by atoms with Crippen LogP contribution in [-0.2, 0) is 0 Å². The molecule has 2 heteroatoms. The number of rotatable bonds is 2. The highest BCUT2D eigenvalue weighted by Gasteiger charge is 2.06. The third-order valence-corrected chi connectivity index (χ3v) is 3.20. The third kappa shape index (κ3) is 1.63. The molecule has 0 fully saturated rings. The number of hydrogen-bond acceptors (Lipinski definition) is 1. The first-order valence-corrected chi connectivity index (χ1v) is 4.67. The number of thiol groups is 1. The van der Waals surface area contributed by atoms with E-state index in [1.54, 1.807) is 0 Å². The SMILES string of the molecule is CCC1=[SH]C(C(C)C)=CN1. The molecule has 0 amide bonds. The van der Waals surface area contributed by atoms with Crippen molar-refractivity contribution in [1.29, 1.82) is 0 Å². The second-order valence-corrected chi connectivity index (χ2v) is 4.06.